The molecule has 2 rings (SSSR count). The van der Waals surface area contributed by atoms with Gasteiger partial charge in [0.05, 0.1) is 11.7 Å². The zero-order valence-corrected chi connectivity index (χ0v) is 13.9. The molecule has 1 unspecified atom stereocenters. The average Bonchev–Trinajstić information content (AvgIpc) is 2.25. The molecule has 0 aromatic carbocycles. The molecule has 19 heavy (non-hydrogen) atoms. The molecule has 0 saturated carbocycles. The van der Waals surface area contributed by atoms with E-state index in [1.165, 1.54) is 0 Å². The Hall–Kier alpha value is -0.680. The largest absolute Gasteiger partial charge is 0.369 e. The van der Waals surface area contributed by atoms with E-state index >= 15 is 0 Å². The summed E-state index contributed by atoms with van der Waals surface area (Å²) >= 11 is 3.48. The van der Waals surface area contributed by atoms with Crippen molar-refractivity contribution < 1.29 is 4.74 Å². The molecule has 0 aliphatic carbocycles. The Morgan fingerprint density at radius 2 is 2.11 bits per heavy atom. The van der Waals surface area contributed by atoms with Crippen molar-refractivity contribution in [2.24, 2.45) is 0 Å². The predicted octanol–water partition coefficient (Wildman–Crippen LogP) is 3.37. The van der Waals surface area contributed by atoms with Crippen LogP contribution in [0.25, 0.3) is 0 Å². The summed E-state index contributed by atoms with van der Waals surface area (Å²) in [7, 11) is 0. The van der Waals surface area contributed by atoms with Crippen LogP contribution in [0.5, 0.6) is 0 Å². The van der Waals surface area contributed by atoms with Gasteiger partial charge >= 0.3 is 0 Å². The number of anilines is 1. The maximum absolute atomic E-state index is 5.94. The highest BCUT2D eigenvalue weighted by molar-refractivity contribution is 9.10. The molecule has 5 heteroatoms. The van der Waals surface area contributed by atoms with Crippen molar-refractivity contribution in [1.82, 2.24) is 9.97 Å². The lowest BCUT2D eigenvalue weighted by Gasteiger charge is -2.42. The molecule has 0 amide bonds. The molecule has 4 nitrogen and oxygen atoms in total. The number of halogens is 1. The van der Waals surface area contributed by atoms with Crippen molar-refractivity contribution in [1.29, 1.82) is 0 Å². The maximum Gasteiger partial charge on any atom is 0.134 e. The van der Waals surface area contributed by atoms with Crippen LogP contribution in [0.15, 0.2) is 10.7 Å². The highest BCUT2D eigenvalue weighted by Gasteiger charge is 2.32. The Morgan fingerprint density at radius 3 is 2.68 bits per heavy atom. The van der Waals surface area contributed by atoms with Crippen LogP contribution >= 0.6 is 15.9 Å². The number of morpholine rings is 1. The third-order valence-corrected chi connectivity index (χ3v) is 3.51. The molecule has 1 fully saturated rings. The van der Waals surface area contributed by atoms with Crippen molar-refractivity contribution in [2.45, 2.75) is 52.2 Å². The number of hydrogen-bond donors (Lipinski definition) is 0. The van der Waals surface area contributed by atoms with E-state index in [2.05, 4.69) is 65.4 Å². The fraction of sp³-hybridized carbons (Fsp3) is 0.714. The smallest absolute Gasteiger partial charge is 0.134 e. The van der Waals surface area contributed by atoms with Crippen molar-refractivity contribution in [2.75, 3.05) is 18.0 Å². The monoisotopic (exact) mass is 327 g/mol. The molecule has 2 heterocycles. The third-order valence-electron chi connectivity index (χ3n) is 3.11. The first-order chi connectivity index (χ1) is 8.77. The fourth-order valence-corrected chi connectivity index (χ4v) is 2.86. The Labute approximate surface area is 123 Å². The summed E-state index contributed by atoms with van der Waals surface area (Å²) in [6.07, 6.45) is 0.208. The van der Waals surface area contributed by atoms with Crippen LogP contribution in [0.1, 0.15) is 46.4 Å². The number of aromatic nitrogens is 2. The van der Waals surface area contributed by atoms with Crippen LogP contribution in [0, 0.1) is 0 Å². The van der Waals surface area contributed by atoms with Crippen molar-refractivity contribution in [3.8, 4) is 0 Å². The van der Waals surface area contributed by atoms with Gasteiger partial charge < -0.3 is 9.64 Å². The second kappa shape index (κ2) is 5.37. The average molecular weight is 328 g/mol. The topological polar surface area (TPSA) is 38.2 Å². The standard InChI is InChI=1S/C14H22BrN3O/c1-9(2)13-16-11(15)6-12(17-13)18-7-10(3)19-14(4,5)8-18/h6,9-10H,7-8H2,1-5H3. The minimum absolute atomic E-state index is 0.146. The highest BCUT2D eigenvalue weighted by atomic mass is 79.9. The van der Waals surface area contributed by atoms with E-state index in [4.69, 9.17) is 4.74 Å². The minimum Gasteiger partial charge on any atom is -0.369 e. The van der Waals surface area contributed by atoms with Gasteiger partial charge in [0, 0.05) is 25.1 Å². The van der Waals surface area contributed by atoms with Crippen molar-refractivity contribution in [3.05, 3.63) is 16.5 Å². The summed E-state index contributed by atoms with van der Waals surface area (Å²) < 4.78 is 6.78. The van der Waals surface area contributed by atoms with Gasteiger partial charge in [-0.3, -0.25) is 0 Å². The quantitative estimate of drug-likeness (QED) is 0.780. The Balaban J connectivity index is 2.30. The van der Waals surface area contributed by atoms with Crippen LogP contribution < -0.4 is 4.90 Å². The maximum atomic E-state index is 5.94. The van der Waals surface area contributed by atoms with Crippen LogP contribution in [-0.4, -0.2) is 34.8 Å². The fourth-order valence-electron chi connectivity index (χ4n) is 2.47. The van der Waals surface area contributed by atoms with Crippen molar-refractivity contribution in [3.63, 3.8) is 0 Å². The van der Waals surface area contributed by atoms with Gasteiger partial charge in [0.25, 0.3) is 0 Å². The first kappa shape index (κ1) is 14.7. The molecule has 0 bridgehead atoms. The zero-order chi connectivity index (χ0) is 14.2. The van der Waals surface area contributed by atoms with Gasteiger partial charge in [0.2, 0.25) is 0 Å². The summed E-state index contributed by atoms with van der Waals surface area (Å²) in [5.74, 6) is 2.18. The van der Waals surface area contributed by atoms with Crippen LogP contribution in [0.4, 0.5) is 5.82 Å². The number of ether oxygens (including phenoxy) is 1. The summed E-state index contributed by atoms with van der Waals surface area (Å²) in [4.78, 5) is 11.4. The molecular formula is C14H22BrN3O. The summed E-state index contributed by atoms with van der Waals surface area (Å²) in [6, 6.07) is 1.99. The third kappa shape index (κ3) is 3.66. The first-order valence-electron chi connectivity index (χ1n) is 6.74. The summed E-state index contributed by atoms with van der Waals surface area (Å²) in [6.45, 7) is 12.3. The lowest BCUT2D eigenvalue weighted by Crippen LogP contribution is -2.52. The Kier molecular flexibility index (Phi) is 4.16. The Bertz CT molecular complexity index is 462. The molecule has 0 radical (unpaired) electrons. The molecule has 1 saturated heterocycles. The predicted molar refractivity (Wildman–Crippen MR) is 80.7 cm³/mol. The van der Waals surface area contributed by atoms with Gasteiger partial charge in [0.1, 0.15) is 16.2 Å². The molecule has 1 aromatic heterocycles. The molecule has 0 spiro atoms. The van der Waals surface area contributed by atoms with E-state index in [0.29, 0.717) is 5.92 Å². The minimum atomic E-state index is -0.146. The summed E-state index contributed by atoms with van der Waals surface area (Å²) in [5, 5.41) is 0. The van der Waals surface area contributed by atoms with Crippen LogP contribution in [0.3, 0.4) is 0 Å². The van der Waals surface area contributed by atoms with Crippen molar-refractivity contribution >= 4 is 21.7 Å². The lowest BCUT2D eigenvalue weighted by molar-refractivity contribution is -0.0751. The summed E-state index contributed by atoms with van der Waals surface area (Å²) in [5.41, 5.74) is -0.146. The molecule has 0 N–H and O–H groups in total. The number of nitrogens with zero attached hydrogens (tertiary/aromatic N) is 3. The molecular weight excluding hydrogens is 306 g/mol. The van der Waals surface area contributed by atoms with Gasteiger partial charge in [0.15, 0.2) is 0 Å². The van der Waals surface area contributed by atoms with Gasteiger partial charge in [-0.1, -0.05) is 13.8 Å². The van der Waals surface area contributed by atoms with Gasteiger partial charge in [-0.25, -0.2) is 9.97 Å². The van der Waals surface area contributed by atoms with Crippen LogP contribution in [0.2, 0.25) is 0 Å². The molecule has 1 aliphatic rings. The molecule has 1 aromatic rings. The normalized spacial score (nSPS) is 22.9. The Morgan fingerprint density at radius 1 is 1.42 bits per heavy atom. The molecule has 1 aliphatic heterocycles. The first-order valence-corrected chi connectivity index (χ1v) is 7.53. The van der Waals surface area contributed by atoms with Crippen LogP contribution in [-0.2, 0) is 4.74 Å². The molecule has 106 valence electrons. The van der Waals surface area contributed by atoms with Gasteiger partial charge in [-0.15, -0.1) is 0 Å². The van der Waals surface area contributed by atoms with E-state index in [9.17, 15) is 0 Å². The second-order valence-electron chi connectivity index (χ2n) is 6.13. The van der Waals surface area contributed by atoms with E-state index in [-0.39, 0.29) is 11.7 Å². The molecule has 1 atom stereocenters. The number of hydrogen-bond acceptors (Lipinski definition) is 4. The van der Waals surface area contributed by atoms with E-state index in [1.807, 2.05) is 6.07 Å². The second-order valence-corrected chi connectivity index (χ2v) is 6.94. The van der Waals surface area contributed by atoms with Gasteiger partial charge in [-0.2, -0.15) is 0 Å². The van der Waals surface area contributed by atoms with E-state index in [1.54, 1.807) is 0 Å². The number of rotatable bonds is 2. The van der Waals surface area contributed by atoms with Gasteiger partial charge in [-0.05, 0) is 36.7 Å². The van der Waals surface area contributed by atoms with E-state index < -0.39 is 0 Å². The highest BCUT2D eigenvalue weighted by Crippen LogP contribution is 2.27. The zero-order valence-electron chi connectivity index (χ0n) is 12.3. The van der Waals surface area contributed by atoms with E-state index in [0.717, 1.165) is 29.3 Å². The lowest BCUT2D eigenvalue weighted by atomic mass is 10.1. The SMILES string of the molecule is CC1CN(c2cc(Br)nc(C(C)C)n2)CC(C)(C)O1.